The Morgan fingerprint density at radius 2 is 1.70 bits per heavy atom. The highest BCUT2D eigenvalue weighted by Crippen LogP contribution is 2.28. The van der Waals surface area contributed by atoms with Crippen molar-refractivity contribution in [2.75, 3.05) is 17.1 Å². The summed E-state index contributed by atoms with van der Waals surface area (Å²) in [6.07, 6.45) is 1.00. The van der Waals surface area contributed by atoms with Crippen molar-refractivity contribution in [1.82, 2.24) is 10.2 Å². The van der Waals surface area contributed by atoms with Gasteiger partial charge in [0.1, 0.15) is 12.6 Å². The van der Waals surface area contributed by atoms with E-state index in [2.05, 4.69) is 5.32 Å². The zero-order valence-electron chi connectivity index (χ0n) is 19.3. The lowest BCUT2D eigenvalue weighted by Crippen LogP contribution is -2.52. The van der Waals surface area contributed by atoms with Crippen LogP contribution in [0.5, 0.6) is 0 Å². The van der Waals surface area contributed by atoms with Crippen LogP contribution in [0.2, 0.25) is 10.0 Å². The molecule has 180 valence electrons. The lowest BCUT2D eigenvalue weighted by Gasteiger charge is -2.32. The second kappa shape index (κ2) is 11.2. The van der Waals surface area contributed by atoms with Crippen molar-refractivity contribution in [1.29, 1.82) is 0 Å². The maximum absolute atomic E-state index is 13.4. The van der Waals surface area contributed by atoms with E-state index in [1.54, 1.807) is 6.92 Å². The molecule has 0 aliphatic carbocycles. The standard InChI is InChI=1S/C23H29Cl2N3O4S/c1-15(2)26-23(30)17(4)27(13-18-8-6-7-16(3)11-18)22(29)14-28(33(5,31)32)19-9-10-20(24)21(25)12-19/h6-12,15,17H,13-14H2,1-5H3,(H,26,30). The van der Waals surface area contributed by atoms with Crippen molar-refractivity contribution in [3.63, 3.8) is 0 Å². The van der Waals surface area contributed by atoms with Gasteiger partial charge in [0.25, 0.3) is 0 Å². The van der Waals surface area contributed by atoms with Crippen molar-refractivity contribution in [3.8, 4) is 0 Å². The van der Waals surface area contributed by atoms with E-state index < -0.39 is 28.5 Å². The molecule has 1 N–H and O–H groups in total. The van der Waals surface area contributed by atoms with Crippen LogP contribution in [0.1, 0.15) is 31.9 Å². The first kappa shape index (κ1) is 27.0. The molecule has 0 aliphatic rings. The van der Waals surface area contributed by atoms with Crippen LogP contribution in [-0.4, -0.2) is 50.0 Å². The molecule has 0 fully saturated rings. The Labute approximate surface area is 205 Å². The fourth-order valence-electron chi connectivity index (χ4n) is 3.25. The van der Waals surface area contributed by atoms with Gasteiger partial charge >= 0.3 is 0 Å². The quantitative estimate of drug-likeness (QED) is 0.548. The predicted molar refractivity (Wildman–Crippen MR) is 133 cm³/mol. The minimum Gasteiger partial charge on any atom is -0.352 e. The lowest BCUT2D eigenvalue weighted by atomic mass is 10.1. The third-order valence-electron chi connectivity index (χ3n) is 4.90. The van der Waals surface area contributed by atoms with E-state index in [0.717, 1.165) is 21.7 Å². The van der Waals surface area contributed by atoms with Gasteiger partial charge in [-0.3, -0.25) is 13.9 Å². The third kappa shape index (κ3) is 7.62. The first-order valence-electron chi connectivity index (χ1n) is 10.4. The Bertz CT molecular complexity index is 1120. The van der Waals surface area contributed by atoms with Crippen LogP contribution in [-0.2, 0) is 26.2 Å². The van der Waals surface area contributed by atoms with Crippen LogP contribution in [0.25, 0.3) is 0 Å². The fraction of sp³-hybridized carbons (Fsp3) is 0.391. The number of benzene rings is 2. The van der Waals surface area contributed by atoms with Gasteiger partial charge in [0, 0.05) is 12.6 Å². The number of anilines is 1. The van der Waals surface area contributed by atoms with Gasteiger partial charge in [-0.05, 0) is 51.5 Å². The number of rotatable bonds is 9. The molecule has 0 heterocycles. The second-order valence-electron chi connectivity index (χ2n) is 8.22. The smallest absolute Gasteiger partial charge is 0.244 e. The predicted octanol–water partition coefficient (Wildman–Crippen LogP) is 4.01. The minimum atomic E-state index is -3.84. The summed E-state index contributed by atoms with van der Waals surface area (Å²) in [6, 6.07) is 11.0. The largest absolute Gasteiger partial charge is 0.352 e. The molecular weight excluding hydrogens is 485 g/mol. The highest BCUT2D eigenvalue weighted by Gasteiger charge is 2.30. The van der Waals surface area contributed by atoms with E-state index in [-0.39, 0.29) is 34.2 Å². The number of hydrogen-bond donors (Lipinski definition) is 1. The zero-order chi connectivity index (χ0) is 24.9. The maximum Gasteiger partial charge on any atom is 0.244 e. The van der Waals surface area contributed by atoms with E-state index in [1.165, 1.54) is 23.1 Å². The average molecular weight is 514 g/mol. The lowest BCUT2D eigenvalue weighted by molar-refractivity contribution is -0.139. The van der Waals surface area contributed by atoms with Crippen LogP contribution >= 0.6 is 23.2 Å². The Morgan fingerprint density at radius 3 is 2.24 bits per heavy atom. The third-order valence-corrected chi connectivity index (χ3v) is 6.78. The normalized spacial score (nSPS) is 12.4. The number of nitrogens with zero attached hydrogens (tertiary/aromatic N) is 2. The van der Waals surface area contributed by atoms with Gasteiger partial charge in [0.05, 0.1) is 22.0 Å². The molecule has 2 aromatic rings. The van der Waals surface area contributed by atoms with Crippen LogP contribution in [0.3, 0.4) is 0 Å². The summed E-state index contributed by atoms with van der Waals surface area (Å²) in [5.41, 5.74) is 2.04. The molecule has 0 bridgehead atoms. The van der Waals surface area contributed by atoms with Crippen LogP contribution in [0.4, 0.5) is 5.69 Å². The first-order chi connectivity index (χ1) is 15.3. The van der Waals surface area contributed by atoms with Gasteiger partial charge < -0.3 is 10.2 Å². The summed E-state index contributed by atoms with van der Waals surface area (Å²) in [5.74, 6) is -0.856. The average Bonchev–Trinajstić information content (AvgIpc) is 2.70. The van der Waals surface area contributed by atoms with E-state index in [9.17, 15) is 18.0 Å². The van der Waals surface area contributed by atoms with Gasteiger partial charge in [0.2, 0.25) is 21.8 Å². The van der Waals surface area contributed by atoms with Crippen molar-refractivity contribution in [2.45, 2.75) is 46.3 Å². The summed E-state index contributed by atoms with van der Waals surface area (Å²) in [7, 11) is -3.84. The molecule has 0 aromatic heterocycles. The Balaban J connectivity index is 2.41. The molecule has 1 atom stereocenters. The first-order valence-corrected chi connectivity index (χ1v) is 13.0. The molecule has 2 aromatic carbocycles. The number of halogens is 2. The molecule has 0 saturated carbocycles. The Hall–Kier alpha value is -2.29. The topological polar surface area (TPSA) is 86.8 Å². The molecule has 10 heteroatoms. The SMILES string of the molecule is Cc1cccc(CN(C(=O)CN(c2ccc(Cl)c(Cl)c2)S(C)(=O)=O)C(C)C(=O)NC(C)C)c1. The number of carbonyl (C=O) groups excluding carboxylic acids is 2. The molecular formula is C23H29Cl2N3O4S. The number of aryl methyl sites for hydroxylation is 1. The van der Waals surface area contributed by atoms with Gasteiger partial charge in [-0.1, -0.05) is 53.0 Å². The summed E-state index contributed by atoms with van der Waals surface area (Å²) >= 11 is 12.0. The molecule has 0 radical (unpaired) electrons. The minimum absolute atomic E-state index is 0.111. The molecule has 2 amide bonds. The Kier molecular flexibility index (Phi) is 9.17. The number of amides is 2. The molecule has 7 nitrogen and oxygen atoms in total. The van der Waals surface area contributed by atoms with Gasteiger partial charge in [-0.15, -0.1) is 0 Å². The monoisotopic (exact) mass is 513 g/mol. The second-order valence-corrected chi connectivity index (χ2v) is 10.9. The molecule has 33 heavy (non-hydrogen) atoms. The number of hydrogen-bond acceptors (Lipinski definition) is 4. The van der Waals surface area contributed by atoms with Crippen molar-refractivity contribution < 1.29 is 18.0 Å². The van der Waals surface area contributed by atoms with E-state index >= 15 is 0 Å². The molecule has 1 unspecified atom stereocenters. The highest BCUT2D eigenvalue weighted by atomic mass is 35.5. The van der Waals surface area contributed by atoms with Gasteiger partial charge in [-0.2, -0.15) is 0 Å². The van der Waals surface area contributed by atoms with E-state index in [0.29, 0.717) is 0 Å². The summed E-state index contributed by atoms with van der Waals surface area (Å²) in [4.78, 5) is 27.5. The maximum atomic E-state index is 13.4. The van der Waals surface area contributed by atoms with Crippen LogP contribution < -0.4 is 9.62 Å². The summed E-state index contributed by atoms with van der Waals surface area (Å²) in [5, 5.41) is 3.23. The summed E-state index contributed by atoms with van der Waals surface area (Å²) in [6.45, 7) is 6.85. The van der Waals surface area contributed by atoms with Crippen LogP contribution in [0.15, 0.2) is 42.5 Å². The van der Waals surface area contributed by atoms with Crippen molar-refractivity contribution >= 4 is 50.7 Å². The molecule has 0 aliphatic heterocycles. The molecule has 2 rings (SSSR count). The van der Waals surface area contributed by atoms with Gasteiger partial charge in [0.15, 0.2) is 0 Å². The highest BCUT2D eigenvalue weighted by molar-refractivity contribution is 7.92. The zero-order valence-corrected chi connectivity index (χ0v) is 21.6. The van der Waals surface area contributed by atoms with Crippen LogP contribution in [0, 0.1) is 6.92 Å². The van der Waals surface area contributed by atoms with E-state index in [1.807, 2.05) is 45.0 Å². The fourth-order valence-corrected chi connectivity index (χ4v) is 4.38. The molecule has 0 spiro atoms. The number of sulfonamides is 1. The van der Waals surface area contributed by atoms with E-state index in [4.69, 9.17) is 23.2 Å². The molecule has 0 saturated heterocycles. The number of nitrogens with one attached hydrogen (secondary N) is 1. The van der Waals surface area contributed by atoms with Gasteiger partial charge in [-0.25, -0.2) is 8.42 Å². The Morgan fingerprint density at radius 1 is 1.03 bits per heavy atom. The van der Waals surface area contributed by atoms with Crippen molar-refractivity contribution in [3.05, 3.63) is 63.6 Å². The number of carbonyl (C=O) groups is 2. The van der Waals surface area contributed by atoms with Crippen molar-refractivity contribution in [2.24, 2.45) is 0 Å². The summed E-state index contributed by atoms with van der Waals surface area (Å²) < 4.78 is 26.0.